The molecule has 0 radical (unpaired) electrons. The summed E-state index contributed by atoms with van der Waals surface area (Å²) < 4.78 is -0.306. The summed E-state index contributed by atoms with van der Waals surface area (Å²) in [6.45, 7) is 19.9. The van der Waals surface area contributed by atoms with Crippen molar-refractivity contribution in [3.05, 3.63) is 262 Å². The van der Waals surface area contributed by atoms with E-state index in [-0.39, 0.29) is 16.6 Å². The molecule has 0 aromatic heterocycles. The predicted molar refractivity (Wildman–Crippen MR) is 410 cm³/mol. The number of hydrogen-bond acceptors (Lipinski definition) is 10. The van der Waals surface area contributed by atoms with Crippen LogP contribution in [0.2, 0.25) is 0 Å². The largest absolute Gasteiger partial charge is 0.378 e. The molecular formula is C78H102N6O2S4. The third-order valence-electron chi connectivity index (χ3n) is 13.8. The lowest BCUT2D eigenvalue weighted by Crippen LogP contribution is -2.34. The molecular weight excluding hydrogens is 1180 g/mol. The van der Waals surface area contributed by atoms with Crippen LogP contribution in [0.3, 0.4) is 0 Å². The van der Waals surface area contributed by atoms with Crippen LogP contribution in [-0.4, -0.2) is 99.1 Å². The smallest absolute Gasteiger partial charge is 0.240 e. The predicted octanol–water partition coefficient (Wildman–Crippen LogP) is 18.9. The van der Waals surface area contributed by atoms with Gasteiger partial charge in [-0.3, -0.25) is 9.59 Å². The summed E-state index contributed by atoms with van der Waals surface area (Å²) >= 11 is 6.74. The summed E-state index contributed by atoms with van der Waals surface area (Å²) in [4.78, 5) is 29.0. The average Bonchev–Trinajstić information content (AvgIpc) is 2.50. The maximum absolute atomic E-state index is 12.7. The van der Waals surface area contributed by atoms with E-state index in [2.05, 4.69) is 231 Å². The minimum absolute atomic E-state index is 0.0228. The van der Waals surface area contributed by atoms with Gasteiger partial charge in [-0.05, 0) is 162 Å². The molecule has 0 aliphatic rings. The fourth-order valence-corrected chi connectivity index (χ4v) is 9.08. The minimum atomic E-state index is -0.471. The van der Waals surface area contributed by atoms with Gasteiger partial charge < -0.3 is 31.1 Å². The lowest BCUT2D eigenvalue weighted by Gasteiger charge is -2.23. The minimum Gasteiger partial charge on any atom is -0.378 e. The number of thioether (sulfide) groups is 4. The van der Waals surface area contributed by atoms with Gasteiger partial charge in [-0.25, -0.2) is 0 Å². The second-order valence-electron chi connectivity index (χ2n) is 23.0. The Labute approximate surface area is 560 Å². The number of anilines is 4. The van der Waals surface area contributed by atoms with Crippen LogP contribution < -0.4 is 31.1 Å². The monoisotopic (exact) mass is 1280 g/mol. The van der Waals surface area contributed by atoms with E-state index in [1.165, 1.54) is 45.4 Å². The maximum Gasteiger partial charge on any atom is 0.240 e. The van der Waals surface area contributed by atoms with Gasteiger partial charge >= 0.3 is 0 Å². The van der Waals surface area contributed by atoms with Gasteiger partial charge in [-0.2, -0.15) is 35.3 Å². The number of nitrogens with zero attached hydrogens (tertiary/aromatic N) is 2. The Bertz CT molecular complexity index is 3130. The molecule has 0 spiro atoms. The molecule has 2 amide bonds. The van der Waals surface area contributed by atoms with E-state index in [9.17, 15) is 9.59 Å². The van der Waals surface area contributed by atoms with E-state index in [1.807, 2.05) is 163 Å². The second-order valence-corrected chi connectivity index (χ2v) is 27.8. The SMILES string of the molecule is CSCC(=O)Nc1ccc(/C=C/c2ccc(N(C)C)cc2)cc1CNCC(C)(C)SC.CSCCNCc1cc(/C=C/c2ccc(N(C)C)cc2)ccc1NC(=O)C(C)(C)SC.Cc1ccccc1.Cc1ccccc1.Cc1ccccc1.Cc1ccccc1. The van der Waals surface area contributed by atoms with Crippen molar-refractivity contribution in [2.75, 3.05) is 98.2 Å². The Morgan fingerprint density at radius 3 is 1.11 bits per heavy atom. The van der Waals surface area contributed by atoms with Gasteiger partial charge in [0.2, 0.25) is 11.8 Å². The van der Waals surface area contributed by atoms with Gasteiger partial charge in [-0.15, -0.1) is 11.8 Å². The molecule has 480 valence electrons. The summed E-state index contributed by atoms with van der Waals surface area (Å²) in [5.74, 6) is 1.57. The Balaban J connectivity index is 0.000000327. The van der Waals surface area contributed by atoms with Crippen molar-refractivity contribution in [2.45, 2.75) is 78.0 Å². The highest BCUT2D eigenvalue weighted by Gasteiger charge is 2.27. The van der Waals surface area contributed by atoms with Crippen molar-refractivity contribution in [3.8, 4) is 0 Å². The van der Waals surface area contributed by atoms with Gasteiger partial charge in [-0.1, -0.05) is 204 Å². The van der Waals surface area contributed by atoms with Crippen molar-refractivity contribution in [1.82, 2.24) is 10.6 Å². The Morgan fingerprint density at radius 2 is 0.789 bits per heavy atom. The number of amides is 2. The standard InChI is InChI=1S/2C25H35N3OS2.4C7H8/c1-25(2,31-6)18-26-16-21-15-20(11-14-23(21)27-24(29)17-30-5)8-7-19-9-12-22(13-10-19)28(3)4;1-25(2,31-6)24(29)27-23-14-11-20(17-21(23)18-26-15-16-30-5)8-7-19-9-12-22(13-10-19)28(3)4;4*1-7-5-3-2-4-6-7/h7-15,26H,16-18H2,1-6H3,(H,27,29);7-14,17,26H,15-16,18H2,1-6H3,(H,27,29);4*2-6H,1H3/b2*8-7+;;;;. The third kappa shape index (κ3) is 33.2. The highest BCUT2D eigenvalue weighted by atomic mass is 32.2. The zero-order valence-electron chi connectivity index (χ0n) is 56.5. The highest BCUT2D eigenvalue weighted by molar-refractivity contribution is 8.00. The molecule has 0 bridgehead atoms. The van der Waals surface area contributed by atoms with Crippen molar-refractivity contribution in [2.24, 2.45) is 0 Å². The molecule has 90 heavy (non-hydrogen) atoms. The normalized spacial score (nSPS) is 10.8. The molecule has 0 unspecified atom stereocenters. The molecule has 0 saturated heterocycles. The number of nitrogens with one attached hydrogen (secondary N) is 4. The summed E-state index contributed by atoms with van der Waals surface area (Å²) in [5.41, 5.74) is 16.1. The average molecular weight is 1280 g/mol. The molecule has 0 aliphatic heterocycles. The van der Waals surface area contributed by atoms with Crippen LogP contribution in [0.4, 0.5) is 22.7 Å². The molecule has 8 nitrogen and oxygen atoms in total. The molecule has 4 N–H and O–H groups in total. The van der Waals surface area contributed by atoms with Gasteiger partial charge in [0.05, 0.1) is 10.5 Å². The van der Waals surface area contributed by atoms with E-state index < -0.39 is 4.75 Å². The summed E-state index contributed by atoms with van der Waals surface area (Å²) in [5, 5.41) is 13.2. The molecule has 8 rings (SSSR count). The number of carbonyl (C=O) groups is 2. The van der Waals surface area contributed by atoms with Gasteiger partial charge in [0, 0.05) is 87.6 Å². The van der Waals surface area contributed by atoms with Crippen molar-refractivity contribution in [3.63, 3.8) is 0 Å². The van der Waals surface area contributed by atoms with Crippen molar-refractivity contribution < 1.29 is 9.59 Å². The molecule has 0 saturated carbocycles. The van der Waals surface area contributed by atoms with Gasteiger partial charge in [0.1, 0.15) is 0 Å². The quantitative estimate of drug-likeness (QED) is 0.0389. The maximum atomic E-state index is 12.7. The summed E-state index contributed by atoms with van der Waals surface area (Å²) in [6.07, 6.45) is 16.6. The molecule has 0 aliphatic carbocycles. The van der Waals surface area contributed by atoms with Crippen molar-refractivity contribution >= 4 is 106 Å². The molecule has 0 atom stereocenters. The van der Waals surface area contributed by atoms with Crippen LogP contribution in [0.5, 0.6) is 0 Å². The molecule has 8 aromatic rings. The van der Waals surface area contributed by atoms with Gasteiger partial charge in [0.15, 0.2) is 0 Å². The van der Waals surface area contributed by atoms with Crippen LogP contribution in [0, 0.1) is 27.7 Å². The zero-order chi connectivity index (χ0) is 66.2. The van der Waals surface area contributed by atoms with E-state index in [4.69, 9.17) is 0 Å². The van der Waals surface area contributed by atoms with Crippen LogP contribution in [0.15, 0.2) is 206 Å². The molecule has 12 heteroatoms. The first-order chi connectivity index (χ1) is 43.1. The first-order valence-corrected chi connectivity index (χ1v) is 35.7. The molecule has 0 heterocycles. The Kier molecular flexibility index (Phi) is 37.6. The lowest BCUT2D eigenvalue weighted by molar-refractivity contribution is -0.117. The van der Waals surface area contributed by atoms with Crippen LogP contribution in [0.25, 0.3) is 24.3 Å². The highest BCUT2D eigenvalue weighted by Crippen LogP contribution is 2.27. The fraction of sp³-hybridized carbons (Fsp3) is 0.308. The second kappa shape index (κ2) is 43.7. The Morgan fingerprint density at radius 1 is 0.433 bits per heavy atom. The van der Waals surface area contributed by atoms with E-state index in [1.54, 1.807) is 11.8 Å². The zero-order valence-corrected chi connectivity index (χ0v) is 59.8. The molecule has 8 aromatic carbocycles. The van der Waals surface area contributed by atoms with Crippen molar-refractivity contribution in [1.29, 1.82) is 0 Å². The van der Waals surface area contributed by atoms with Gasteiger partial charge in [0.25, 0.3) is 0 Å². The number of benzene rings is 8. The first-order valence-electron chi connectivity index (χ1n) is 30.4. The topological polar surface area (TPSA) is 88.7 Å². The number of aryl methyl sites for hydroxylation is 4. The Hall–Kier alpha value is -6.90. The van der Waals surface area contributed by atoms with E-state index in [0.29, 0.717) is 12.3 Å². The van der Waals surface area contributed by atoms with Crippen LogP contribution in [-0.2, 0) is 22.7 Å². The number of rotatable bonds is 22. The van der Waals surface area contributed by atoms with E-state index in [0.717, 1.165) is 70.1 Å². The first kappa shape index (κ1) is 77.3. The fourth-order valence-electron chi connectivity index (χ4n) is 7.91. The number of carbonyl (C=O) groups excluding carboxylic acids is 2. The van der Waals surface area contributed by atoms with E-state index >= 15 is 0 Å². The van der Waals surface area contributed by atoms with Crippen LogP contribution in [0.1, 0.15) is 83.3 Å². The number of hydrogen-bond donors (Lipinski definition) is 4. The molecule has 0 fully saturated rings. The third-order valence-corrected chi connectivity index (χ3v) is 17.5. The lowest BCUT2D eigenvalue weighted by atomic mass is 10.1. The van der Waals surface area contributed by atoms with Crippen LogP contribution >= 0.6 is 47.0 Å². The summed E-state index contributed by atoms with van der Waals surface area (Å²) in [7, 11) is 8.17. The summed E-state index contributed by atoms with van der Waals surface area (Å²) in [6, 6.07) is 70.4.